The molecule has 1 fully saturated rings. The van der Waals surface area contributed by atoms with Gasteiger partial charge in [-0.2, -0.15) is 0 Å². The van der Waals surface area contributed by atoms with Crippen molar-refractivity contribution in [3.8, 4) is 0 Å². The zero-order chi connectivity index (χ0) is 20.5. The van der Waals surface area contributed by atoms with E-state index in [1.165, 1.54) is 0 Å². The number of aliphatic hydroxyl groups excluding tert-OH is 3. The van der Waals surface area contributed by atoms with E-state index in [0.717, 1.165) is 19.3 Å². The van der Waals surface area contributed by atoms with Crippen LogP contribution in [0.15, 0.2) is 11.6 Å². The fourth-order valence-corrected chi connectivity index (χ4v) is 5.37. The molecule has 0 aromatic heterocycles. The highest BCUT2D eigenvalue weighted by Gasteiger charge is 2.66. The van der Waals surface area contributed by atoms with Gasteiger partial charge in [0, 0.05) is 17.8 Å². The van der Waals surface area contributed by atoms with Gasteiger partial charge in [-0.3, -0.25) is 4.79 Å². The van der Waals surface area contributed by atoms with Gasteiger partial charge in [-0.1, -0.05) is 40.5 Å². The van der Waals surface area contributed by atoms with Gasteiger partial charge in [0.2, 0.25) is 0 Å². The molecule has 0 unspecified atom stereocenters. The number of rotatable bonds is 7. The van der Waals surface area contributed by atoms with Crippen molar-refractivity contribution < 1.29 is 30.0 Å². The van der Waals surface area contributed by atoms with E-state index in [-0.39, 0.29) is 17.0 Å². The average Bonchev–Trinajstić information content (AvgIpc) is 2.61. The van der Waals surface area contributed by atoms with Crippen molar-refractivity contribution in [1.29, 1.82) is 0 Å². The van der Waals surface area contributed by atoms with Crippen LogP contribution in [0.5, 0.6) is 0 Å². The van der Waals surface area contributed by atoms with Gasteiger partial charge >= 0.3 is 5.97 Å². The molecule has 0 aliphatic heterocycles. The summed E-state index contributed by atoms with van der Waals surface area (Å²) in [5.74, 6) is -0.703. The Morgan fingerprint density at radius 3 is 2.48 bits per heavy atom. The number of ether oxygens (including phenoxy) is 1. The summed E-state index contributed by atoms with van der Waals surface area (Å²) in [6.07, 6.45) is 4.26. The second-order valence-corrected chi connectivity index (χ2v) is 9.08. The van der Waals surface area contributed by atoms with E-state index < -0.39 is 42.4 Å². The molecule has 156 valence electrons. The molecule has 0 amide bonds. The molecule has 0 bridgehead atoms. The van der Waals surface area contributed by atoms with E-state index >= 15 is 0 Å². The number of esters is 1. The van der Waals surface area contributed by atoms with Crippen LogP contribution in [0, 0.1) is 16.7 Å². The lowest BCUT2D eigenvalue weighted by molar-refractivity contribution is -0.237. The van der Waals surface area contributed by atoms with Crippen LogP contribution in [-0.4, -0.2) is 57.4 Å². The Bertz CT molecular complexity index is 571. The van der Waals surface area contributed by atoms with Crippen molar-refractivity contribution >= 4 is 5.97 Å². The van der Waals surface area contributed by atoms with E-state index in [1.807, 2.05) is 13.8 Å². The lowest BCUT2D eigenvalue weighted by Crippen LogP contribution is -2.70. The average molecular weight is 385 g/mol. The van der Waals surface area contributed by atoms with Crippen LogP contribution in [-0.2, 0) is 9.53 Å². The van der Waals surface area contributed by atoms with Crippen LogP contribution < -0.4 is 0 Å². The molecule has 0 saturated heterocycles. The van der Waals surface area contributed by atoms with E-state index in [4.69, 9.17) is 4.74 Å². The van der Waals surface area contributed by atoms with Crippen LogP contribution >= 0.6 is 0 Å². The summed E-state index contributed by atoms with van der Waals surface area (Å²) in [6, 6.07) is 0. The van der Waals surface area contributed by atoms with Crippen LogP contribution in [0.2, 0.25) is 0 Å². The second-order valence-electron chi connectivity index (χ2n) is 9.08. The van der Waals surface area contributed by atoms with Gasteiger partial charge in [0.05, 0.1) is 19.3 Å². The van der Waals surface area contributed by atoms with E-state index in [1.54, 1.807) is 13.0 Å². The summed E-state index contributed by atoms with van der Waals surface area (Å²) >= 11 is 0. The topological polar surface area (TPSA) is 107 Å². The summed E-state index contributed by atoms with van der Waals surface area (Å²) in [5, 5.41) is 42.1. The highest BCUT2D eigenvalue weighted by atomic mass is 16.5. The Balaban J connectivity index is 2.46. The third-order valence-electron chi connectivity index (χ3n) is 7.01. The number of hydrogen-bond acceptors (Lipinski definition) is 6. The maximum Gasteiger partial charge on any atom is 0.306 e. The number of unbranched alkanes of at least 4 members (excludes halogenated alkanes) is 2. The predicted octanol–water partition coefficient (Wildman–Crippen LogP) is 1.94. The minimum absolute atomic E-state index is 0.201. The largest absolute Gasteiger partial charge is 0.458 e. The first kappa shape index (κ1) is 22.3. The smallest absolute Gasteiger partial charge is 0.306 e. The SMILES string of the molecule is CCCCCC(=O)O[C@H]1C=C(CO)[C@](O)(CO)[C@]2(C)[C@H]1C(C)(C)CC[C@@H]2O. The van der Waals surface area contributed by atoms with Crippen LogP contribution in [0.1, 0.15) is 66.2 Å². The van der Waals surface area contributed by atoms with Crippen molar-refractivity contribution in [3.05, 3.63) is 11.6 Å². The van der Waals surface area contributed by atoms with Crippen molar-refractivity contribution in [1.82, 2.24) is 0 Å². The summed E-state index contributed by atoms with van der Waals surface area (Å²) in [6.45, 7) is 6.79. The molecule has 27 heavy (non-hydrogen) atoms. The van der Waals surface area contributed by atoms with Gasteiger partial charge < -0.3 is 25.2 Å². The monoisotopic (exact) mass is 384 g/mol. The molecule has 0 heterocycles. The fraction of sp³-hybridized carbons (Fsp3) is 0.857. The molecular weight excluding hydrogens is 348 g/mol. The Morgan fingerprint density at radius 2 is 1.93 bits per heavy atom. The van der Waals surface area contributed by atoms with Crippen molar-refractivity contribution in [2.75, 3.05) is 13.2 Å². The van der Waals surface area contributed by atoms with Gasteiger partial charge in [0.15, 0.2) is 0 Å². The molecule has 6 heteroatoms. The normalized spacial score (nSPS) is 38.1. The van der Waals surface area contributed by atoms with E-state index in [9.17, 15) is 25.2 Å². The van der Waals surface area contributed by atoms with Crippen LogP contribution in [0.4, 0.5) is 0 Å². The van der Waals surface area contributed by atoms with Crippen molar-refractivity contribution in [3.63, 3.8) is 0 Å². The molecule has 5 atom stereocenters. The first-order chi connectivity index (χ1) is 12.6. The molecule has 0 spiro atoms. The van der Waals surface area contributed by atoms with Gasteiger partial charge in [-0.25, -0.2) is 0 Å². The number of hydrogen-bond donors (Lipinski definition) is 4. The first-order valence-electron chi connectivity index (χ1n) is 10.1. The lowest BCUT2D eigenvalue weighted by atomic mass is 9.45. The summed E-state index contributed by atoms with van der Waals surface area (Å²) in [7, 11) is 0. The number of aliphatic hydroxyl groups is 4. The summed E-state index contributed by atoms with van der Waals surface area (Å²) in [5.41, 5.74) is -3.05. The molecular formula is C21H36O6. The van der Waals surface area contributed by atoms with Gasteiger partial charge in [0.1, 0.15) is 11.7 Å². The molecule has 0 radical (unpaired) electrons. The zero-order valence-corrected chi connectivity index (χ0v) is 17.1. The maximum absolute atomic E-state index is 12.4. The minimum Gasteiger partial charge on any atom is -0.458 e. The maximum atomic E-state index is 12.4. The molecule has 1 saturated carbocycles. The molecule has 2 rings (SSSR count). The quantitative estimate of drug-likeness (QED) is 0.304. The third kappa shape index (κ3) is 3.69. The predicted molar refractivity (Wildman–Crippen MR) is 102 cm³/mol. The van der Waals surface area contributed by atoms with Gasteiger partial charge in [-0.15, -0.1) is 0 Å². The third-order valence-corrected chi connectivity index (χ3v) is 7.01. The highest BCUT2D eigenvalue weighted by molar-refractivity contribution is 5.69. The van der Waals surface area contributed by atoms with E-state index in [2.05, 4.69) is 6.92 Å². The molecule has 4 N–H and O–H groups in total. The van der Waals surface area contributed by atoms with Crippen molar-refractivity contribution in [2.24, 2.45) is 16.7 Å². The second kappa shape index (κ2) is 8.19. The van der Waals surface area contributed by atoms with Crippen molar-refractivity contribution in [2.45, 2.75) is 84.0 Å². The fourth-order valence-electron chi connectivity index (χ4n) is 5.37. The Labute approximate surface area is 162 Å². The Morgan fingerprint density at radius 1 is 1.26 bits per heavy atom. The summed E-state index contributed by atoms with van der Waals surface area (Å²) < 4.78 is 5.80. The first-order valence-corrected chi connectivity index (χ1v) is 10.1. The van der Waals surface area contributed by atoms with E-state index in [0.29, 0.717) is 19.3 Å². The Hall–Kier alpha value is -0.950. The molecule has 2 aliphatic rings. The number of fused-ring (bicyclic) bond motifs is 1. The van der Waals surface area contributed by atoms with Gasteiger partial charge in [-0.05, 0) is 36.3 Å². The van der Waals surface area contributed by atoms with Crippen LogP contribution in [0.25, 0.3) is 0 Å². The molecule has 0 aromatic carbocycles. The lowest BCUT2D eigenvalue weighted by Gasteiger charge is -2.63. The van der Waals surface area contributed by atoms with Crippen LogP contribution in [0.3, 0.4) is 0 Å². The number of carbonyl (C=O) groups is 1. The molecule has 0 aromatic rings. The molecule has 6 nitrogen and oxygen atoms in total. The summed E-state index contributed by atoms with van der Waals surface area (Å²) in [4.78, 5) is 12.4. The number of carbonyl (C=O) groups excluding carboxylic acids is 1. The standard InChI is InChI=1S/C21H36O6/c1-5-6-7-8-17(25)27-15-11-14(12-22)21(26,13-23)20(4)16(24)9-10-19(2,3)18(15)20/h11,15-16,18,22-24,26H,5-10,12-13H2,1-4H3/t15-,16-,18+,20-,21+/m0/s1. The van der Waals surface area contributed by atoms with Gasteiger partial charge in [0.25, 0.3) is 0 Å². The zero-order valence-electron chi connectivity index (χ0n) is 17.1. The Kier molecular flexibility index (Phi) is 6.78. The molecule has 2 aliphatic carbocycles. The minimum atomic E-state index is -1.77. The highest BCUT2D eigenvalue weighted by Crippen LogP contribution is 2.61.